The summed E-state index contributed by atoms with van der Waals surface area (Å²) in [6.07, 6.45) is 3.44. The average Bonchev–Trinajstić information content (AvgIpc) is 1.40. The minimum Gasteiger partial charge on any atom is -0.505 e. The molecular weight excluding hydrogens is 1080 g/mol. The zero-order valence-corrected chi connectivity index (χ0v) is 50.0. The number of carbonyl (C=O) groups is 5. The number of nitrogens with one attached hydrogen (secondary N) is 2. The number of hydrogen-bond acceptors (Lipinski definition) is 17. The minimum absolute atomic E-state index is 0.000437. The van der Waals surface area contributed by atoms with E-state index in [9.17, 15) is 29.1 Å². The summed E-state index contributed by atoms with van der Waals surface area (Å²) in [6.45, 7) is 10.6. The quantitative estimate of drug-likeness (QED) is 0.0292. The maximum absolute atomic E-state index is 13.3. The predicted molar refractivity (Wildman–Crippen MR) is 315 cm³/mol. The van der Waals surface area contributed by atoms with Crippen LogP contribution in [0.25, 0.3) is 0 Å². The summed E-state index contributed by atoms with van der Waals surface area (Å²) in [6, 6.07) is 23.9. The number of nitrogens with zero attached hydrogens (tertiary/aromatic N) is 2. The number of rotatable bonds is 15. The Morgan fingerprint density at radius 3 is 2.08 bits per heavy atom. The van der Waals surface area contributed by atoms with E-state index in [0.29, 0.717) is 59.5 Å². The lowest BCUT2D eigenvalue weighted by molar-refractivity contribution is -0.175. The number of ether oxygens (including phenoxy) is 9. The Morgan fingerprint density at radius 2 is 1.40 bits per heavy atom. The second-order valence-corrected chi connectivity index (χ2v) is 22.3. The maximum atomic E-state index is 13.3. The number of benzene rings is 5. The molecule has 1 fully saturated rings. The number of hydrogen-bond donors (Lipinski definition) is 3. The van der Waals surface area contributed by atoms with Crippen molar-refractivity contribution in [2.75, 3.05) is 60.9 Å². The predicted octanol–water partition coefficient (Wildman–Crippen LogP) is 10.3. The lowest BCUT2D eigenvalue weighted by atomic mass is 9.87. The van der Waals surface area contributed by atoms with Gasteiger partial charge in [-0.15, -0.1) is 0 Å². The van der Waals surface area contributed by atoms with Crippen LogP contribution in [0.4, 0.5) is 5.69 Å². The van der Waals surface area contributed by atoms with Crippen LogP contribution in [0.2, 0.25) is 0 Å². The van der Waals surface area contributed by atoms with Gasteiger partial charge in [0, 0.05) is 37.2 Å². The number of likely N-dealkylation sites (N-methyl/N-ethyl adjacent to an activating group) is 2. The van der Waals surface area contributed by atoms with Gasteiger partial charge in [-0.1, -0.05) is 64.3 Å². The highest BCUT2D eigenvalue weighted by Crippen LogP contribution is 2.52. The molecule has 0 aromatic heterocycles. The van der Waals surface area contributed by atoms with Crippen molar-refractivity contribution in [2.45, 2.75) is 129 Å². The summed E-state index contributed by atoms with van der Waals surface area (Å²) in [4.78, 5) is 67.5. The Bertz CT molecular complexity index is 3170. The van der Waals surface area contributed by atoms with Crippen LogP contribution < -0.4 is 39.1 Å². The van der Waals surface area contributed by atoms with Crippen molar-refractivity contribution in [3.05, 3.63) is 118 Å². The first-order chi connectivity index (χ1) is 40.4. The van der Waals surface area contributed by atoms with Gasteiger partial charge in [0.15, 0.2) is 52.4 Å². The molecule has 0 spiro atoms. The van der Waals surface area contributed by atoms with Crippen molar-refractivity contribution >= 4 is 35.9 Å². The van der Waals surface area contributed by atoms with E-state index in [1.165, 1.54) is 54.3 Å². The number of fused-ring (bicyclic) bond motifs is 2. The molecule has 3 N–H and O–H groups in total. The summed E-state index contributed by atoms with van der Waals surface area (Å²) >= 11 is 0. The van der Waals surface area contributed by atoms with E-state index in [4.69, 9.17) is 42.6 Å². The van der Waals surface area contributed by atoms with Crippen LogP contribution in [0.15, 0.2) is 78.9 Å². The fourth-order valence-corrected chi connectivity index (χ4v) is 11.5. The van der Waals surface area contributed by atoms with E-state index in [-0.39, 0.29) is 35.7 Å². The maximum Gasteiger partial charge on any atom is 0.332 e. The van der Waals surface area contributed by atoms with Crippen molar-refractivity contribution in [2.24, 2.45) is 11.8 Å². The van der Waals surface area contributed by atoms with Crippen LogP contribution in [-0.4, -0.2) is 125 Å². The second-order valence-electron chi connectivity index (χ2n) is 22.3. The first kappa shape index (κ1) is 62.0. The highest BCUT2D eigenvalue weighted by Gasteiger charge is 2.44. The van der Waals surface area contributed by atoms with Crippen LogP contribution in [0.5, 0.6) is 51.7 Å². The largest absolute Gasteiger partial charge is 0.505 e. The molecule has 19 nitrogen and oxygen atoms in total. The van der Waals surface area contributed by atoms with Crippen molar-refractivity contribution < 1.29 is 71.7 Å². The fraction of sp³-hybridized carbons (Fsp3) is 0.462. The Labute approximate surface area is 492 Å². The van der Waals surface area contributed by atoms with Crippen LogP contribution in [0, 0.1) is 11.8 Å². The average molecular weight is 1160 g/mol. The Balaban J connectivity index is 0.000000224. The highest BCUT2D eigenvalue weighted by molar-refractivity contribution is 6.01. The van der Waals surface area contributed by atoms with Gasteiger partial charge in [-0.05, 0) is 148 Å². The van der Waals surface area contributed by atoms with E-state index in [0.717, 1.165) is 68.5 Å². The molecule has 2 amide bonds. The lowest BCUT2D eigenvalue weighted by Gasteiger charge is -2.37. The molecule has 84 heavy (non-hydrogen) atoms. The number of methoxy groups -OCH3 is 4. The zero-order chi connectivity index (χ0) is 60.4. The first-order valence-electron chi connectivity index (χ1n) is 28.8. The standard InChI is InChI=1S/C38H42N2O6.C27H38N2O9/c1-39-15-13-25-20-32(42-4)34-22-28(25)29(39)17-23-7-10-27(11-8-23)45-33-19-24(9-12-31(33)41-3)18-30-36-26(14-16-40(30)2)21-35(43-5)37(44-6)38(36)46-34;1-6-7-8-10-19-24(38-21(31)13-15(2)3)17(5)37-27(35)22(16(4)36-26(19)34)29-25(33)18-11-9-12-20(23(18)32)28-14-30/h7-12,19-22,29-30H,13-18H2,1-6H3;9,11-12,14-17,19,22,24,32H,6-8,10,13H2,1-5H3,(H,28,30)(H,29,33). The Hall–Kier alpha value is -8.03. The van der Waals surface area contributed by atoms with Gasteiger partial charge in [0.05, 0.1) is 45.6 Å². The van der Waals surface area contributed by atoms with Crippen LogP contribution in [-0.2, 0) is 59.1 Å². The van der Waals surface area contributed by atoms with E-state index in [1.807, 2.05) is 39.0 Å². The summed E-state index contributed by atoms with van der Waals surface area (Å²) in [5.41, 5.74) is 6.94. The minimum atomic E-state index is -1.42. The van der Waals surface area contributed by atoms with E-state index in [2.05, 4.69) is 77.0 Å². The monoisotopic (exact) mass is 1160 g/mol. The van der Waals surface area contributed by atoms with Gasteiger partial charge in [0.25, 0.3) is 5.91 Å². The van der Waals surface area contributed by atoms with Crippen molar-refractivity contribution in [3.63, 3.8) is 0 Å². The molecular formula is C65H80N4O15. The fourth-order valence-electron chi connectivity index (χ4n) is 11.5. The SMILES string of the molecule is CCCCCC1C(=O)OC(C)C(NC(=O)c2cccc(NC=O)c2O)C(=O)OC(C)C1OC(=O)CC(C)C.COc1ccc2cc1Oc1ccc(cc1)CC1c3cc(c(OC)cc3CCN1C)Oc1c(OC)c(OC)cc3c1C(C2)N(C)CC3. The van der Waals surface area contributed by atoms with Gasteiger partial charge in [-0.25, -0.2) is 4.79 Å². The Kier molecular flexibility index (Phi) is 20.7. The van der Waals surface area contributed by atoms with Gasteiger partial charge in [0.2, 0.25) is 12.2 Å². The van der Waals surface area contributed by atoms with Gasteiger partial charge in [0.1, 0.15) is 18.0 Å². The normalized spacial score (nSPS) is 21.3. The van der Waals surface area contributed by atoms with Crippen molar-refractivity contribution in [1.29, 1.82) is 0 Å². The molecule has 10 rings (SSSR count). The van der Waals surface area contributed by atoms with Crippen LogP contribution in [0.1, 0.15) is 123 Å². The summed E-state index contributed by atoms with van der Waals surface area (Å²) in [5.74, 6) is 1.14. The molecule has 0 aliphatic carbocycles. The molecule has 7 unspecified atom stereocenters. The number of phenols is 1. The molecule has 1 saturated heterocycles. The van der Waals surface area contributed by atoms with Crippen LogP contribution >= 0.6 is 0 Å². The lowest BCUT2D eigenvalue weighted by Crippen LogP contribution is -2.50. The summed E-state index contributed by atoms with van der Waals surface area (Å²) < 4.78 is 54.0. The molecule has 450 valence electrons. The molecule has 6 bridgehead atoms. The van der Waals surface area contributed by atoms with Gasteiger partial charge in [-0.2, -0.15) is 0 Å². The van der Waals surface area contributed by atoms with Crippen molar-refractivity contribution in [1.82, 2.24) is 15.1 Å². The number of para-hydroxylation sites is 1. The van der Waals surface area contributed by atoms with Gasteiger partial charge >= 0.3 is 17.9 Å². The molecule has 7 atom stereocenters. The number of cyclic esters (lactones) is 2. The third-order valence-electron chi connectivity index (χ3n) is 16.1. The zero-order valence-electron chi connectivity index (χ0n) is 50.0. The Morgan fingerprint density at radius 1 is 0.750 bits per heavy atom. The second kappa shape index (κ2) is 28.0. The molecule has 5 heterocycles. The molecule has 5 aliphatic rings. The number of amides is 2. The number of anilines is 1. The molecule has 0 saturated carbocycles. The third kappa shape index (κ3) is 14.1. The molecule has 5 aliphatic heterocycles. The first-order valence-corrected chi connectivity index (χ1v) is 28.8. The van der Waals surface area contributed by atoms with E-state index >= 15 is 0 Å². The topological polar surface area (TPSA) is 219 Å². The van der Waals surface area contributed by atoms with E-state index in [1.54, 1.807) is 28.4 Å². The number of phenolic OH excluding ortho intramolecular Hbond substituents is 1. The summed E-state index contributed by atoms with van der Waals surface area (Å²) in [5, 5.41) is 15.1. The third-order valence-corrected chi connectivity index (χ3v) is 16.1. The molecule has 5 aromatic rings. The molecule has 19 heteroatoms. The molecule has 5 aromatic carbocycles. The number of carbonyl (C=O) groups excluding carboxylic acids is 5. The van der Waals surface area contributed by atoms with Gasteiger partial charge < -0.3 is 58.4 Å². The van der Waals surface area contributed by atoms with Crippen molar-refractivity contribution in [3.8, 4) is 51.7 Å². The highest BCUT2D eigenvalue weighted by atomic mass is 16.6. The van der Waals surface area contributed by atoms with E-state index < -0.39 is 59.8 Å². The summed E-state index contributed by atoms with van der Waals surface area (Å²) in [7, 11) is 11.1. The number of aromatic hydroxyl groups is 1. The number of esters is 3. The number of unbranched alkanes of at least 4 members (excludes halogenated alkanes) is 2. The van der Waals surface area contributed by atoms with Gasteiger partial charge in [-0.3, -0.25) is 29.0 Å². The van der Waals surface area contributed by atoms with Crippen LogP contribution in [0.3, 0.4) is 0 Å². The smallest absolute Gasteiger partial charge is 0.332 e. The molecule has 0 radical (unpaired) electrons.